The monoisotopic (exact) mass is 476 g/mol. The Morgan fingerprint density at radius 3 is 2.52 bits per heavy atom. The standard InChI is InChI=1S/C22H23F3N6OS/c23-22(24,25)16-5-1-7-26-18(16)31-9-3-4-15(14-31)20(32)29-10-12-30(13-11-29)21-28-17-6-2-8-27-19(17)33-21/h1-2,5-8,15H,3-4,9-14H2. The van der Waals surface area contributed by atoms with Crippen LogP contribution in [0.4, 0.5) is 24.1 Å². The summed E-state index contributed by atoms with van der Waals surface area (Å²) < 4.78 is 40.3. The zero-order chi connectivity index (χ0) is 23.0. The van der Waals surface area contributed by atoms with E-state index in [2.05, 4.69) is 19.9 Å². The van der Waals surface area contributed by atoms with Crippen molar-refractivity contribution >= 4 is 38.5 Å². The van der Waals surface area contributed by atoms with Crippen molar-refractivity contribution in [3.8, 4) is 0 Å². The molecule has 33 heavy (non-hydrogen) atoms. The maximum absolute atomic E-state index is 13.4. The number of hydrogen-bond donors (Lipinski definition) is 0. The van der Waals surface area contributed by atoms with Crippen LogP contribution < -0.4 is 9.80 Å². The fourth-order valence-corrected chi connectivity index (χ4v) is 5.47. The average Bonchev–Trinajstić information content (AvgIpc) is 3.28. The van der Waals surface area contributed by atoms with Crippen molar-refractivity contribution in [1.82, 2.24) is 19.9 Å². The summed E-state index contributed by atoms with van der Waals surface area (Å²) in [6.07, 6.45) is -0.0347. The van der Waals surface area contributed by atoms with E-state index in [1.54, 1.807) is 11.1 Å². The molecule has 2 aliphatic rings. The van der Waals surface area contributed by atoms with E-state index in [0.29, 0.717) is 45.6 Å². The minimum absolute atomic E-state index is 0.00908. The molecule has 174 valence electrons. The third-order valence-corrected chi connectivity index (χ3v) is 7.22. The highest BCUT2D eigenvalue weighted by Gasteiger charge is 2.38. The maximum atomic E-state index is 13.4. The zero-order valence-corrected chi connectivity index (χ0v) is 18.6. The molecule has 5 rings (SSSR count). The van der Waals surface area contributed by atoms with Crippen LogP contribution in [-0.2, 0) is 11.0 Å². The van der Waals surface area contributed by atoms with Crippen LogP contribution in [0, 0.1) is 5.92 Å². The molecule has 2 saturated heterocycles. The molecule has 2 fully saturated rings. The van der Waals surface area contributed by atoms with Gasteiger partial charge in [-0.15, -0.1) is 0 Å². The Balaban J connectivity index is 1.23. The highest BCUT2D eigenvalue weighted by Crippen LogP contribution is 2.36. The Bertz CT molecular complexity index is 1110. The first kappa shape index (κ1) is 21.9. The van der Waals surface area contributed by atoms with Crippen molar-refractivity contribution in [2.45, 2.75) is 19.0 Å². The third-order valence-electron chi connectivity index (χ3n) is 6.18. The Labute approximate surface area is 192 Å². The maximum Gasteiger partial charge on any atom is 0.419 e. The number of piperidine rings is 1. The predicted molar refractivity (Wildman–Crippen MR) is 120 cm³/mol. The van der Waals surface area contributed by atoms with Gasteiger partial charge in [-0.05, 0) is 37.1 Å². The van der Waals surface area contributed by atoms with Crippen LogP contribution in [0.3, 0.4) is 0 Å². The summed E-state index contributed by atoms with van der Waals surface area (Å²) in [5.41, 5.74) is 0.114. The van der Waals surface area contributed by atoms with Crippen LogP contribution in [-0.4, -0.2) is 65.0 Å². The van der Waals surface area contributed by atoms with E-state index in [1.807, 2.05) is 17.0 Å². The number of halogens is 3. The highest BCUT2D eigenvalue weighted by molar-refractivity contribution is 7.21. The van der Waals surface area contributed by atoms with Crippen LogP contribution in [0.5, 0.6) is 0 Å². The third kappa shape index (κ3) is 4.46. The molecule has 1 amide bonds. The molecular weight excluding hydrogens is 453 g/mol. The number of rotatable bonds is 3. The molecule has 0 N–H and O–H groups in total. The molecular formula is C22H23F3N6OS. The number of alkyl halides is 3. The van der Waals surface area contributed by atoms with Crippen molar-refractivity contribution in [2.75, 3.05) is 49.1 Å². The van der Waals surface area contributed by atoms with Gasteiger partial charge in [-0.25, -0.2) is 15.0 Å². The number of nitrogens with zero attached hydrogens (tertiary/aromatic N) is 6. The van der Waals surface area contributed by atoms with Gasteiger partial charge in [0, 0.05) is 51.7 Å². The van der Waals surface area contributed by atoms with Gasteiger partial charge in [0.05, 0.1) is 11.5 Å². The van der Waals surface area contributed by atoms with Gasteiger partial charge in [-0.2, -0.15) is 13.2 Å². The normalized spacial score (nSPS) is 19.8. The van der Waals surface area contributed by atoms with Crippen LogP contribution in [0.2, 0.25) is 0 Å². The number of hydrogen-bond acceptors (Lipinski definition) is 7. The second-order valence-electron chi connectivity index (χ2n) is 8.29. The molecule has 1 atom stereocenters. The Morgan fingerprint density at radius 2 is 1.76 bits per heavy atom. The SMILES string of the molecule is O=C(C1CCCN(c2ncccc2C(F)(F)F)C1)N1CCN(c2nc3cccnc3s2)CC1. The zero-order valence-electron chi connectivity index (χ0n) is 17.8. The molecule has 0 bridgehead atoms. The summed E-state index contributed by atoms with van der Waals surface area (Å²) in [6, 6.07) is 6.13. The molecule has 11 heteroatoms. The van der Waals surface area contributed by atoms with E-state index in [-0.39, 0.29) is 24.2 Å². The van der Waals surface area contributed by atoms with Crippen LogP contribution in [0.1, 0.15) is 18.4 Å². The lowest BCUT2D eigenvalue weighted by Gasteiger charge is -2.39. The minimum atomic E-state index is -4.48. The summed E-state index contributed by atoms with van der Waals surface area (Å²) in [5, 5.41) is 0.898. The van der Waals surface area contributed by atoms with Gasteiger partial charge in [0.2, 0.25) is 5.91 Å². The van der Waals surface area contributed by atoms with Crippen molar-refractivity contribution in [2.24, 2.45) is 5.92 Å². The van der Waals surface area contributed by atoms with Gasteiger partial charge in [0.15, 0.2) is 5.13 Å². The molecule has 0 spiro atoms. The number of fused-ring (bicyclic) bond motifs is 1. The van der Waals surface area contributed by atoms with Crippen molar-refractivity contribution < 1.29 is 18.0 Å². The van der Waals surface area contributed by atoms with E-state index in [1.165, 1.54) is 23.6 Å². The highest BCUT2D eigenvalue weighted by atomic mass is 32.1. The molecule has 5 heterocycles. The Kier molecular flexibility index (Phi) is 5.81. The van der Waals surface area contributed by atoms with Gasteiger partial charge in [-0.3, -0.25) is 4.79 Å². The van der Waals surface area contributed by atoms with Gasteiger partial charge in [0.25, 0.3) is 0 Å². The number of carbonyl (C=O) groups excluding carboxylic acids is 1. The lowest BCUT2D eigenvalue weighted by molar-refractivity contribution is -0.137. The van der Waals surface area contributed by atoms with E-state index in [4.69, 9.17) is 0 Å². The summed E-state index contributed by atoms with van der Waals surface area (Å²) in [5.74, 6) is -0.411. The number of piperazine rings is 1. The van der Waals surface area contributed by atoms with Crippen molar-refractivity contribution in [3.05, 3.63) is 42.2 Å². The Hall–Kier alpha value is -2.95. The van der Waals surface area contributed by atoms with E-state index >= 15 is 0 Å². The molecule has 0 aromatic carbocycles. The van der Waals surface area contributed by atoms with Crippen LogP contribution in [0.25, 0.3) is 10.3 Å². The van der Waals surface area contributed by atoms with Gasteiger partial charge in [-0.1, -0.05) is 11.3 Å². The summed E-state index contributed by atoms with van der Waals surface area (Å²) in [4.78, 5) is 32.7. The molecule has 3 aromatic heterocycles. The summed E-state index contributed by atoms with van der Waals surface area (Å²) >= 11 is 1.54. The summed E-state index contributed by atoms with van der Waals surface area (Å²) in [7, 11) is 0. The van der Waals surface area contributed by atoms with E-state index in [0.717, 1.165) is 21.5 Å². The molecule has 7 nitrogen and oxygen atoms in total. The fourth-order valence-electron chi connectivity index (χ4n) is 4.51. The van der Waals surface area contributed by atoms with Gasteiger partial charge in [0.1, 0.15) is 16.2 Å². The number of amides is 1. The quantitative estimate of drug-likeness (QED) is 0.575. The number of pyridine rings is 2. The first-order valence-electron chi connectivity index (χ1n) is 10.9. The number of anilines is 2. The van der Waals surface area contributed by atoms with Crippen molar-refractivity contribution in [3.63, 3.8) is 0 Å². The number of aromatic nitrogens is 3. The molecule has 1 unspecified atom stereocenters. The second kappa shape index (κ2) is 8.77. The number of thiazole rings is 1. The summed E-state index contributed by atoms with van der Waals surface area (Å²) in [6.45, 7) is 3.18. The minimum Gasteiger partial charge on any atom is -0.355 e. The van der Waals surface area contributed by atoms with E-state index < -0.39 is 11.7 Å². The van der Waals surface area contributed by atoms with Crippen molar-refractivity contribution in [1.29, 1.82) is 0 Å². The lowest BCUT2D eigenvalue weighted by Crippen LogP contribution is -2.52. The van der Waals surface area contributed by atoms with E-state index in [9.17, 15) is 18.0 Å². The van der Waals surface area contributed by atoms with Crippen LogP contribution in [0.15, 0.2) is 36.7 Å². The Morgan fingerprint density at radius 1 is 1.00 bits per heavy atom. The topological polar surface area (TPSA) is 65.5 Å². The predicted octanol–water partition coefficient (Wildman–Crippen LogP) is 3.67. The smallest absolute Gasteiger partial charge is 0.355 e. The molecule has 2 aliphatic heterocycles. The first-order valence-corrected chi connectivity index (χ1v) is 11.7. The van der Waals surface area contributed by atoms with Gasteiger partial charge < -0.3 is 14.7 Å². The fraction of sp³-hybridized carbons (Fsp3) is 0.455. The molecule has 0 aliphatic carbocycles. The largest absolute Gasteiger partial charge is 0.419 e. The average molecular weight is 477 g/mol. The second-order valence-corrected chi connectivity index (χ2v) is 9.25. The molecule has 3 aromatic rings. The first-order chi connectivity index (χ1) is 15.9. The molecule has 0 saturated carbocycles. The van der Waals surface area contributed by atoms with Crippen LogP contribution >= 0.6 is 11.3 Å². The molecule has 0 radical (unpaired) electrons. The van der Waals surface area contributed by atoms with Gasteiger partial charge >= 0.3 is 6.18 Å². The lowest BCUT2D eigenvalue weighted by atomic mass is 9.95. The number of carbonyl (C=O) groups is 1.